The third-order valence-electron chi connectivity index (χ3n) is 5.67. The van der Waals surface area contributed by atoms with Crippen LogP contribution >= 0.6 is 24.0 Å². The zero-order valence-electron chi connectivity index (χ0n) is 18.3. The molecule has 1 unspecified atom stereocenters. The van der Waals surface area contributed by atoms with Gasteiger partial charge in [0.05, 0.1) is 6.04 Å². The lowest BCUT2D eigenvalue weighted by atomic mass is 10.1. The van der Waals surface area contributed by atoms with Gasteiger partial charge < -0.3 is 15.5 Å². The minimum absolute atomic E-state index is 0. The number of anilines is 1. The summed E-state index contributed by atoms with van der Waals surface area (Å²) in [5, 5.41) is 15.4. The third kappa shape index (κ3) is 5.87. The number of halogens is 1. The Bertz CT molecular complexity index is 994. The normalized spacial score (nSPS) is 15.0. The molecule has 1 saturated heterocycles. The Hall–Kier alpha value is -2.36. The summed E-state index contributed by atoms with van der Waals surface area (Å²) in [7, 11) is 1.81. The lowest BCUT2D eigenvalue weighted by molar-refractivity contribution is 0.667. The summed E-state index contributed by atoms with van der Waals surface area (Å²) >= 11 is 0. The maximum absolute atomic E-state index is 4.39. The summed E-state index contributed by atoms with van der Waals surface area (Å²) in [6.45, 7) is 5.33. The molecule has 8 heteroatoms. The first-order valence-corrected chi connectivity index (χ1v) is 10.9. The van der Waals surface area contributed by atoms with Crippen molar-refractivity contribution in [2.45, 2.75) is 38.6 Å². The summed E-state index contributed by atoms with van der Waals surface area (Å²) in [4.78, 5) is 6.86. The van der Waals surface area contributed by atoms with Gasteiger partial charge in [0.15, 0.2) is 11.6 Å². The fraction of sp³-hybridized carbons (Fsp3) is 0.435. The molecule has 0 spiro atoms. The average Bonchev–Trinajstić information content (AvgIpc) is 3.46. The van der Waals surface area contributed by atoms with E-state index in [2.05, 4.69) is 61.9 Å². The molecule has 0 bridgehead atoms. The van der Waals surface area contributed by atoms with Gasteiger partial charge in [-0.2, -0.15) is 0 Å². The molecule has 1 aliphatic heterocycles. The van der Waals surface area contributed by atoms with Gasteiger partial charge in [0.2, 0.25) is 0 Å². The second-order valence-corrected chi connectivity index (χ2v) is 7.80. The Labute approximate surface area is 201 Å². The Morgan fingerprint density at radius 3 is 2.77 bits per heavy atom. The molecule has 2 aromatic heterocycles. The molecule has 0 amide bonds. The van der Waals surface area contributed by atoms with Crippen molar-refractivity contribution < 1.29 is 0 Å². The zero-order chi connectivity index (χ0) is 20.8. The quantitative estimate of drug-likeness (QED) is 0.209. The standard InChI is InChI=1S/C23H31N7.HI/c1-18(19-9-7-10-20(17-19)29-14-5-6-15-29)26-23(24-2)25-13-8-12-22-28-27-21-11-3-4-16-30(21)22;/h3-4,7,9-11,16-18H,5-6,8,12-15H2,1-2H3,(H2,24,25,26);1H. The lowest BCUT2D eigenvalue weighted by Gasteiger charge is -2.22. The van der Waals surface area contributed by atoms with E-state index >= 15 is 0 Å². The van der Waals surface area contributed by atoms with Gasteiger partial charge in [-0.05, 0) is 56.0 Å². The monoisotopic (exact) mass is 533 g/mol. The molecule has 7 nitrogen and oxygen atoms in total. The molecule has 3 aromatic rings. The summed E-state index contributed by atoms with van der Waals surface area (Å²) in [6.07, 6.45) is 6.41. The molecule has 0 radical (unpaired) electrons. The predicted molar refractivity (Wildman–Crippen MR) is 138 cm³/mol. The number of aliphatic imine (C=N–C) groups is 1. The highest BCUT2D eigenvalue weighted by Crippen LogP contribution is 2.23. The average molecular weight is 533 g/mol. The first-order valence-electron chi connectivity index (χ1n) is 10.9. The maximum atomic E-state index is 4.39. The van der Waals surface area contributed by atoms with Crippen molar-refractivity contribution >= 4 is 41.3 Å². The summed E-state index contributed by atoms with van der Waals surface area (Å²) in [5.74, 6) is 1.81. The molecule has 1 aromatic carbocycles. The molecular weight excluding hydrogens is 501 g/mol. The van der Waals surface area contributed by atoms with Crippen molar-refractivity contribution in [2.24, 2.45) is 4.99 Å². The van der Waals surface area contributed by atoms with E-state index in [4.69, 9.17) is 0 Å². The van der Waals surface area contributed by atoms with Gasteiger partial charge in [0, 0.05) is 45.0 Å². The summed E-state index contributed by atoms with van der Waals surface area (Å²) in [5.41, 5.74) is 3.49. The van der Waals surface area contributed by atoms with Gasteiger partial charge in [-0.3, -0.25) is 9.39 Å². The van der Waals surface area contributed by atoms with Crippen LogP contribution in [0.4, 0.5) is 5.69 Å². The molecular formula is C23H32IN7. The van der Waals surface area contributed by atoms with E-state index in [1.807, 2.05) is 35.8 Å². The van der Waals surface area contributed by atoms with Crippen molar-refractivity contribution in [3.05, 3.63) is 60.0 Å². The number of pyridine rings is 1. The molecule has 1 aliphatic rings. The smallest absolute Gasteiger partial charge is 0.191 e. The van der Waals surface area contributed by atoms with Crippen molar-refractivity contribution in [3.63, 3.8) is 0 Å². The largest absolute Gasteiger partial charge is 0.372 e. The van der Waals surface area contributed by atoms with Crippen LogP contribution in [0.25, 0.3) is 5.65 Å². The Morgan fingerprint density at radius 2 is 1.97 bits per heavy atom. The van der Waals surface area contributed by atoms with E-state index in [1.165, 1.54) is 24.1 Å². The third-order valence-corrected chi connectivity index (χ3v) is 5.67. The molecule has 4 rings (SSSR count). The van der Waals surface area contributed by atoms with Gasteiger partial charge >= 0.3 is 0 Å². The minimum Gasteiger partial charge on any atom is -0.372 e. The van der Waals surface area contributed by atoms with Crippen LogP contribution in [0.2, 0.25) is 0 Å². The van der Waals surface area contributed by atoms with Crippen molar-refractivity contribution in [2.75, 3.05) is 31.6 Å². The number of guanidine groups is 1. The highest BCUT2D eigenvalue weighted by atomic mass is 127. The first kappa shape index (κ1) is 23.3. The van der Waals surface area contributed by atoms with Crippen LogP contribution in [0.3, 0.4) is 0 Å². The number of aryl methyl sites for hydroxylation is 1. The number of nitrogens with one attached hydrogen (secondary N) is 2. The molecule has 2 N–H and O–H groups in total. The molecule has 0 aliphatic carbocycles. The van der Waals surface area contributed by atoms with Crippen molar-refractivity contribution in [1.82, 2.24) is 25.2 Å². The van der Waals surface area contributed by atoms with E-state index in [-0.39, 0.29) is 30.0 Å². The van der Waals surface area contributed by atoms with Crippen molar-refractivity contribution in [1.29, 1.82) is 0 Å². The van der Waals surface area contributed by atoms with Gasteiger partial charge in [-0.1, -0.05) is 18.2 Å². The van der Waals surface area contributed by atoms with Crippen LogP contribution in [0.5, 0.6) is 0 Å². The molecule has 166 valence electrons. The van der Waals surface area contributed by atoms with Gasteiger partial charge in [0.25, 0.3) is 0 Å². The highest BCUT2D eigenvalue weighted by molar-refractivity contribution is 14.0. The van der Waals surface area contributed by atoms with E-state index in [9.17, 15) is 0 Å². The number of aromatic nitrogens is 3. The van der Waals surface area contributed by atoms with Crippen LogP contribution in [-0.2, 0) is 6.42 Å². The van der Waals surface area contributed by atoms with E-state index in [1.54, 1.807) is 0 Å². The van der Waals surface area contributed by atoms with E-state index in [0.29, 0.717) is 0 Å². The number of hydrogen-bond acceptors (Lipinski definition) is 4. The lowest BCUT2D eigenvalue weighted by Crippen LogP contribution is -2.39. The molecule has 0 saturated carbocycles. The Balaban J connectivity index is 0.00000272. The Morgan fingerprint density at radius 1 is 1.13 bits per heavy atom. The first-order chi connectivity index (χ1) is 14.7. The van der Waals surface area contributed by atoms with Gasteiger partial charge in [-0.25, -0.2) is 0 Å². The van der Waals surface area contributed by atoms with E-state index in [0.717, 1.165) is 49.9 Å². The van der Waals surface area contributed by atoms with Gasteiger partial charge in [0.1, 0.15) is 5.82 Å². The number of benzene rings is 1. The number of hydrogen-bond donors (Lipinski definition) is 2. The van der Waals surface area contributed by atoms with Crippen molar-refractivity contribution in [3.8, 4) is 0 Å². The highest BCUT2D eigenvalue weighted by Gasteiger charge is 2.14. The molecule has 31 heavy (non-hydrogen) atoms. The molecule has 3 heterocycles. The molecule has 1 fully saturated rings. The summed E-state index contributed by atoms with van der Waals surface area (Å²) in [6, 6.07) is 15.0. The van der Waals surface area contributed by atoms with Crippen LogP contribution in [0.15, 0.2) is 53.7 Å². The second-order valence-electron chi connectivity index (χ2n) is 7.80. The number of nitrogens with zero attached hydrogens (tertiary/aromatic N) is 5. The second kappa shape index (κ2) is 11.3. The number of fused-ring (bicyclic) bond motifs is 1. The zero-order valence-corrected chi connectivity index (χ0v) is 20.6. The summed E-state index contributed by atoms with van der Waals surface area (Å²) < 4.78 is 2.04. The van der Waals surface area contributed by atoms with Crippen LogP contribution in [-0.4, -0.2) is 47.2 Å². The van der Waals surface area contributed by atoms with Gasteiger partial charge in [-0.15, -0.1) is 34.2 Å². The Kier molecular flexibility index (Phi) is 8.51. The van der Waals surface area contributed by atoms with Crippen LogP contribution < -0.4 is 15.5 Å². The minimum atomic E-state index is 0. The number of rotatable bonds is 7. The predicted octanol–water partition coefficient (Wildman–Crippen LogP) is 3.81. The van der Waals surface area contributed by atoms with Crippen LogP contribution in [0, 0.1) is 0 Å². The fourth-order valence-electron chi connectivity index (χ4n) is 3.96. The fourth-order valence-corrected chi connectivity index (χ4v) is 3.96. The topological polar surface area (TPSA) is 69.8 Å². The maximum Gasteiger partial charge on any atom is 0.191 e. The van der Waals surface area contributed by atoms with Crippen LogP contribution in [0.1, 0.15) is 43.6 Å². The SMILES string of the molecule is CN=C(NCCCc1nnc2ccccn12)NC(C)c1cccc(N2CCCC2)c1.I. The molecule has 1 atom stereocenters. The van der Waals surface area contributed by atoms with E-state index < -0.39 is 0 Å².